The van der Waals surface area contributed by atoms with Gasteiger partial charge in [-0.1, -0.05) is 12.1 Å². The van der Waals surface area contributed by atoms with Crippen LogP contribution in [0.2, 0.25) is 0 Å². The van der Waals surface area contributed by atoms with E-state index in [0.29, 0.717) is 12.0 Å². The van der Waals surface area contributed by atoms with Crippen LogP contribution in [0.15, 0.2) is 48.5 Å². The number of hydrogen-bond acceptors (Lipinski definition) is 3. The van der Waals surface area contributed by atoms with Crippen molar-refractivity contribution in [3.63, 3.8) is 0 Å². The standard InChI is InChI=1S/C16H14N2O/c1-12(19)14-4-8-16(9-5-14)18-15-6-2-13(3-7-15)10-11-17/h2-9,18H,10H2,1H3. The quantitative estimate of drug-likeness (QED) is 0.842. The monoisotopic (exact) mass is 250 g/mol. The Bertz CT molecular complexity index is 607. The highest BCUT2D eigenvalue weighted by Crippen LogP contribution is 2.18. The number of carbonyl (C=O) groups is 1. The van der Waals surface area contributed by atoms with Crippen molar-refractivity contribution < 1.29 is 4.79 Å². The minimum absolute atomic E-state index is 0.0624. The van der Waals surface area contributed by atoms with Gasteiger partial charge in [-0.15, -0.1) is 0 Å². The van der Waals surface area contributed by atoms with Crippen molar-refractivity contribution in [3.8, 4) is 6.07 Å². The summed E-state index contributed by atoms with van der Waals surface area (Å²) >= 11 is 0. The maximum Gasteiger partial charge on any atom is 0.159 e. The Morgan fingerprint density at radius 3 is 2.05 bits per heavy atom. The summed E-state index contributed by atoms with van der Waals surface area (Å²) in [4.78, 5) is 11.2. The van der Waals surface area contributed by atoms with Gasteiger partial charge in [0.15, 0.2) is 5.78 Å². The lowest BCUT2D eigenvalue weighted by molar-refractivity contribution is 0.101. The van der Waals surface area contributed by atoms with Gasteiger partial charge in [0.2, 0.25) is 0 Å². The van der Waals surface area contributed by atoms with Crippen LogP contribution in [0.4, 0.5) is 11.4 Å². The largest absolute Gasteiger partial charge is 0.356 e. The highest BCUT2D eigenvalue weighted by atomic mass is 16.1. The van der Waals surface area contributed by atoms with E-state index in [1.54, 1.807) is 19.1 Å². The lowest BCUT2D eigenvalue weighted by atomic mass is 10.1. The zero-order valence-corrected chi connectivity index (χ0v) is 10.7. The first-order valence-electron chi connectivity index (χ1n) is 6.03. The molecule has 94 valence electrons. The van der Waals surface area contributed by atoms with Crippen LogP contribution >= 0.6 is 0 Å². The van der Waals surface area contributed by atoms with Crippen LogP contribution in [0.3, 0.4) is 0 Å². The zero-order chi connectivity index (χ0) is 13.7. The number of nitrogens with one attached hydrogen (secondary N) is 1. The maximum atomic E-state index is 11.2. The smallest absolute Gasteiger partial charge is 0.159 e. The van der Waals surface area contributed by atoms with Crippen LogP contribution in [-0.4, -0.2) is 5.78 Å². The van der Waals surface area contributed by atoms with E-state index in [4.69, 9.17) is 5.26 Å². The molecule has 0 unspecified atom stereocenters. The Balaban J connectivity index is 2.08. The van der Waals surface area contributed by atoms with Gasteiger partial charge in [-0.25, -0.2) is 0 Å². The number of ketones is 1. The van der Waals surface area contributed by atoms with Crippen LogP contribution in [0.5, 0.6) is 0 Å². The topological polar surface area (TPSA) is 52.9 Å². The number of anilines is 2. The Labute approximate surface area is 112 Å². The molecule has 1 N–H and O–H groups in total. The van der Waals surface area contributed by atoms with E-state index in [-0.39, 0.29) is 5.78 Å². The first kappa shape index (κ1) is 12.8. The maximum absolute atomic E-state index is 11.2. The Morgan fingerprint density at radius 2 is 1.58 bits per heavy atom. The molecule has 3 heteroatoms. The van der Waals surface area contributed by atoms with Crippen molar-refractivity contribution in [1.29, 1.82) is 5.26 Å². The number of benzene rings is 2. The summed E-state index contributed by atoms with van der Waals surface area (Å²) in [5, 5.41) is 11.8. The SMILES string of the molecule is CC(=O)c1ccc(Nc2ccc(CC#N)cc2)cc1. The number of Topliss-reactive ketones (excluding diaryl/α,β-unsaturated/α-hetero) is 1. The molecule has 2 rings (SSSR count). The minimum Gasteiger partial charge on any atom is -0.356 e. The van der Waals surface area contributed by atoms with E-state index in [2.05, 4.69) is 11.4 Å². The van der Waals surface area contributed by atoms with Gasteiger partial charge in [0.1, 0.15) is 0 Å². The van der Waals surface area contributed by atoms with Crippen molar-refractivity contribution in [2.45, 2.75) is 13.3 Å². The van der Waals surface area contributed by atoms with E-state index in [1.165, 1.54) is 0 Å². The van der Waals surface area contributed by atoms with Crippen LogP contribution in [0, 0.1) is 11.3 Å². The molecule has 0 saturated heterocycles. The summed E-state index contributed by atoms with van der Waals surface area (Å²) in [6.07, 6.45) is 0.424. The van der Waals surface area contributed by atoms with Gasteiger partial charge in [-0.05, 0) is 48.9 Å². The first-order valence-corrected chi connectivity index (χ1v) is 6.03. The Kier molecular flexibility index (Phi) is 3.94. The van der Waals surface area contributed by atoms with Crippen molar-refractivity contribution in [2.24, 2.45) is 0 Å². The summed E-state index contributed by atoms with van der Waals surface area (Å²) in [6, 6.07) is 17.2. The summed E-state index contributed by atoms with van der Waals surface area (Å²) in [7, 11) is 0. The molecule has 0 aliphatic carbocycles. The Hall–Kier alpha value is -2.60. The highest BCUT2D eigenvalue weighted by Gasteiger charge is 1.99. The van der Waals surface area contributed by atoms with Crippen LogP contribution in [0.25, 0.3) is 0 Å². The van der Waals surface area contributed by atoms with Crippen LogP contribution in [0.1, 0.15) is 22.8 Å². The van der Waals surface area contributed by atoms with Gasteiger partial charge in [-0.2, -0.15) is 5.26 Å². The van der Waals surface area contributed by atoms with E-state index < -0.39 is 0 Å². The van der Waals surface area contributed by atoms with Crippen LogP contribution in [-0.2, 0) is 6.42 Å². The number of carbonyl (C=O) groups excluding carboxylic acids is 1. The number of nitrogens with zero attached hydrogens (tertiary/aromatic N) is 1. The fourth-order valence-electron chi connectivity index (χ4n) is 1.75. The second-order valence-electron chi connectivity index (χ2n) is 4.29. The second-order valence-corrected chi connectivity index (χ2v) is 4.29. The molecule has 0 amide bonds. The Morgan fingerprint density at radius 1 is 1.05 bits per heavy atom. The third-order valence-electron chi connectivity index (χ3n) is 2.82. The molecular weight excluding hydrogens is 236 g/mol. The molecule has 0 bridgehead atoms. The average Bonchev–Trinajstić information content (AvgIpc) is 2.42. The molecule has 2 aromatic rings. The minimum atomic E-state index is 0.0624. The molecule has 0 aromatic heterocycles. The van der Waals surface area contributed by atoms with E-state index >= 15 is 0 Å². The van der Waals surface area contributed by atoms with E-state index in [0.717, 1.165) is 16.9 Å². The molecule has 0 spiro atoms. The fraction of sp³-hybridized carbons (Fsp3) is 0.125. The highest BCUT2D eigenvalue weighted by molar-refractivity contribution is 5.94. The van der Waals surface area contributed by atoms with E-state index in [9.17, 15) is 4.79 Å². The van der Waals surface area contributed by atoms with E-state index in [1.807, 2.05) is 36.4 Å². The van der Waals surface area contributed by atoms with Gasteiger partial charge in [0.05, 0.1) is 12.5 Å². The second kappa shape index (κ2) is 5.83. The van der Waals surface area contributed by atoms with Gasteiger partial charge >= 0.3 is 0 Å². The summed E-state index contributed by atoms with van der Waals surface area (Å²) < 4.78 is 0. The fourth-order valence-corrected chi connectivity index (χ4v) is 1.75. The normalized spacial score (nSPS) is 9.68. The zero-order valence-electron chi connectivity index (χ0n) is 10.7. The number of rotatable bonds is 4. The van der Waals surface area contributed by atoms with Crippen molar-refractivity contribution >= 4 is 17.2 Å². The molecule has 0 aliphatic heterocycles. The molecule has 3 nitrogen and oxygen atoms in total. The third kappa shape index (κ3) is 3.43. The molecule has 0 heterocycles. The van der Waals surface area contributed by atoms with Crippen molar-refractivity contribution in [1.82, 2.24) is 0 Å². The molecule has 0 radical (unpaired) electrons. The predicted octanol–water partition coefficient (Wildman–Crippen LogP) is 3.70. The number of hydrogen-bond donors (Lipinski definition) is 1. The molecular formula is C16H14N2O. The van der Waals surface area contributed by atoms with Gasteiger partial charge in [0, 0.05) is 16.9 Å². The molecule has 2 aromatic carbocycles. The molecule has 19 heavy (non-hydrogen) atoms. The summed E-state index contributed by atoms with van der Waals surface area (Å²) in [5.74, 6) is 0.0624. The van der Waals surface area contributed by atoms with Gasteiger partial charge < -0.3 is 5.32 Å². The summed E-state index contributed by atoms with van der Waals surface area (Å²) in [5.41, 5.74) is 3.59. The predicted molar refractivity (Wildman–Crippen MR) is 75.5 cm³/mol. The summed E-state index contributed by atoms with van der Waals surface area (Å²) in [6.45, 7) is 1.55. The van der Waals surface area contributed by atoms with Gasteiger partial charge in [-0.3, -0.25) is 4.79 Å². The first-order chi connectivity index (χ1) is 9.19. The van der Waals surface area contributed by atoms with Gasteiger partial charge in [0.25, 0.3) is 0 Å². The molecule has 0 fully saturated rings. The molecule has 0 atom stereocenters. The average molecular weight is 250 g/mol. The van der Waals surface area contributed by atoms with Crippen LogP contribution < -0.4 is 5.32 Å². The lowest BCUT2D eigenvalue weighted by Crippen LogP contribution is -1.94. The van der Waals surface area contributed by atoms with Crippen molar-refractivity contribution in [3.05, 3.63) is 59.7 Å². The number of nitriles is 1. The lowest BCUT2D eigenvalue weighted by Gasteiger charge is -2.07. The third-order valence-corrected chi connectivity index (χ3v) is 2.82. The molecule has 0 aliphatic rings. The van der Waals surface area contributed by atoms with Crippen molar-refractivity contribution in [2.75, 3.05) is 5.32 Å². The molecule has 0 saturated carbocycles.